The molecule has 0 aliphatic heterocycles. The van der Waals surface area contributed by atoms with Crippen molar-refractivity contribution in [2.45, 2.75) is 290 Å². The summed E-state index contributed by atoms with van der Waals surface area (Å²) in [5.41, 5.74) is 0. The fraction of sp³-hybridized carbons (Fsp3) is 0.825. The Morgan fingerprint density at radius 2 is 0.694 bits per heavy atom. The second kappa shape index (κ2) is 53.2. The van der Waals surface area contributed by atoms with Crippen molar-refractivity contribution >= 4 is 11.9 Å². The lowest BCUT2D eigenvalue weighted by molar-refractivity contribution is -0.161. The standard InChI is InChI=1S/C57H104O5/c1-3-5-7-9-11-12-13-14-15-16-17-18-19-20-21-22-23-24-25-26-27-28-29-30-31-32-33-34-35-36-37-38-39-40-41-42-43-44-46-48-50-52-57(60)62-55(53-58)54-61-56(59)51-49-47-45-10-8-6-4-2/h5,7,11-12,14-15,17-18,55,58H,3-4,6,8-10,13,16,19-54H2,1-2H3/b7-5-,12-11-,15-14-,18-17-. The quantitative estimate of drug-likeness (QED) is 0.0375. The molecule has 5 nitrogen and oxygen atoms in total. The molecule has 1 unspecified atom stereocenters. The first kappa shape index (κ1) is 59.9. The number of rotatable bonds is 50. The van der Waals surface area contributed by atoms with Gasteiger partial charge in [-0.15, -0.1) is 0 Å². The molecule has 0 heterocycles. The number of carbonyl (C=O) groups excluding carboxylic acids is 2. The third-order valence-electron chi connectivity index (χ3n) is 12.1. The van der Waals surface area contributed by atoms with Gasteiger partial charge in [-0.1, -0.05) is 268 Å². The van der Waals surface area contributed by atoms with Gasteiger partial charge in [-0.2, -0.15) is 0 Å². The first-order chi connectivity index (χ1) is 30.6. The molecule has 0 radical (unpaired) electrons. The zero-order valence-electron chi connectivity index (χ0n) is 41.4. The molecule has 0 aromatic rings. The number of unbranched alkanes of at least 4 members (excludes halogenated alkanes) is 34. The van der Waals surface area contributed by atoms with Crippen molar-refractivity contribution in [3.05, 3.63) is 48.6 Å². The third kappa shape index (κ3) is 50.5. The zero-order valence-corrected chi connectivity index (χ0v) is 41.4. The van der Waals surface area contributed by atoms with Gasteiger partial charge in [0.25, 0.3) is 0 Å². The Morgan fingerprint density at radius 3 is 1.05 bits per heavy atom. The van der Waals surface area contributed by atoms with Crippen LogP contribution in [0.2, 0.25) is 0 Å². The van der Waals surface area contributed by atoms with Crippen LogP contribution in [-0.4, -0.2) is 36.4 Å². The molecule has 0 fully saturated rings. The largest absolute Gasteiger partial charge is 0.462 e. The minimum atomic E-state index is -0.764. The van der Waals surface area contributed by atoms with Crippen molar-refractivity contribution in [3.63, 3.8) is 0 Å². The highest BCUT2D eigenvalue weighted by Gasteiger charge is 2.16. The highest BCUT2D eigenvalue weighted by Crippen LogP contribution is 2.17. The first-order valence-electron chi connectivity index (χ1n) is 27.2. The lowest BCUT2D eigenvalue weighted by Crippen LogP contribution is -2.28. The molecule has 0 rings (SSSR count). The van der Waals surface area contributed by atoms with E-state index in [-0.39, 0.29) is 25.2 Å². The summed E-state index contributed by atoms with van der Waals surface area (Å²) in [5, 5.41) is 9.55. The molecule has 0 saturated carbocycles. The van der Waals surface area contributed by atoms with Gasteiger partial charge in [-0.25, -0.2) is 0 Å². The number of aliphatic hydroxyl groups excluding tert-OH is 1. The summed E-state index contributed by atoms with van der Waals surface area (Å²) in [6.07, 6.45) is 69.9. The van der Waals surface area contributed by atoms with Crippen molar-refractivity contribution in [2.24, 2.45) is 0 Å². The molecule has 1 atom stereocenters. The topological polar surface area (TPSA) is 72.8 Å². The maximum Gasteiger partial charge on any atom is 0.306 e. The zero-order chi connectivity index (χ0) is 44.9. The average molecular weight is 869 g/mol. The van der Waals surface area contributed by atoms with Crippen LogP contribution < -0.4 is 0 Å². The maximum atomic E-state index is 12.2. The minimum Gasteiger partial charge on any atom is -0.462 e. The van der Waals surface area contributed by atoms with Crippen LogP contribution in [0.15, 0.2) is 48.6 Å². The van der Waals surface area contributed by atoms with E-state index in [1.807, 2.05) is 0 Å². The molecule has 0 saturated heterocycles. The van der Waals surface area contributed by atoms with E-state index in [1.165, 1.54) is 193 Å². The fourth-order valence-corrected chi connectivity index (χ4v) is 8.08. The molecule has 362 valence electrons. The van der Waals surface area contributed by atoms with E-state index in [2.05, 4.69) is 62.5 Å². The summed E-state index contributed by atoms with van der Waals surface area (Å²) in [6, 6.07) is 0. The Hall–Kier alpha value is -2.14. The Morgan fingerprint density at radius 1 is 0.387 bits per heavy atom. The lowest BCUT2D eigenvalue weighted by Gasteiger charge is -2.15. The Labute approximate surface area is 386 Å². The molecular formula is C57H104O5. The van der Waals surface area contributed by atoms with Crippen LogP contribution in [0.3, 0.4) is 0 Å². The van der Waals surface area contributed by atoms with Crippen LogP contribution in [0.4, 0.5) is 0 Å². The number of aliphatic hydroxyl groups is 1. The average Bonchev–Trinajstić information content (AvgIpc) is 3.28. The van der Waals surface area contributed by atoms with Gasteiger partial charge in [0.05, 0.1) is 6.61 Å². The van der Waals surface area contributed by atoms with Gasteiger partial charge in [0, 0.05) is 12.8 Å². The Kier molecular flexibility index (Phi) is 51.4. The second-order valence-corrected chi connectivity index (χ2v) is 18.3. The Bertz CT molecular complexity index is 1030. The van der Waals surface area contributed by atoms with Crippen LogP contribution in [-0.2, 0) is 19.1 Å². The normalized spacial score (nSPS) is 12.5. The number of ether oxygens (including phenoxy) is 2. The molecule has 0 spiro atoms. The van der Waals surface area contributed by atoms with Crippen molar-refractivity contribution in [1.29, 1.82) is 0 Å². The molecule has 0 aromatic carbocycles. The third-order valence-corrected chi connectivity index (χ3v) is 12.1. The fourth-order valence-electron chi connectivity index (χ4n) is 8.08. The van der Waals surface area contributed by atoms with Gasteiger partial charge in [-0.3, -0.25) is 9.59 Å². The van der Waals surface area contributed by atoms with E-state index in [9.17, 15) is 14.7 Å². The van der Waals surface area contributed by atoms with Crippen LogP contribution in [0.1, 0.15) is 284 Å². The summed E-state index contributed by atoms with van der Waals surface area (Å²) < 4.78 is 10.6. The van der Waals surface area contributed by atoms with Crippen LogP contribution in [0.5, 0.6) is 0 Å². The monoisotopic (exact) mass is 869 g/mol. The first-order valence-corrected chi connectivity index (χ1v) is 27.2. The number of carbonyl (C=O) groups is 2. The SMILES string of the molecule is CC/C=C\C/C=C\C/C=C\C/C=C\CCCCCCCCCCCCCCCCCCCCCCCCCCCCCCC(=O)OC(CO)COC(=O)CCCCCCCCC. The van der Waals surface area contributed by atoms with Gasteiger partial charge in [0.2, 0.25) is 0 Å². The van der Waals surface area contributed by atoms with E-state index < -0.39 is 6.10 Å². The predicted molar refractivity (Wildman–Crippen MR) is 270 cm³/mol. The predicted octanol–water partition coefficient (Wildman–Crippen LogP) is 18.1. The summed E-state index contributed by atoms with van der Waals surface area (Å²) in [5.74, 6) is -0.585. The smallest absolute Gasteiger partial charge is 0.306 e. The van der Waals surface area contributed by atoms with Gasteiger partial charge < -0.3 is 14.6 Å². The molecule has 0 amide bonds. The Balaban J connectivity index is 3.32. The lowest BCUT2D eigenvalue weighted by atomic mass is 10.0. The maximum absolute atomic E-state index is 12.2. The number of hydrogen-bond donors (Lipinski definition) is 1. The second-order valence-electron chi connectivity index (χ2n) is 18.3. The van der Waals surface area contributed by atoms with E-state index in [0.29, 0.717) is 12.8 Å². The molecule has 0 aliphatic rings. The molecular weight excluding hydrogens is 765 g/mol. The van der Waals surface area contributed by atoms with Crippen LogP contribution in [0.25, 0.3) is 0 Å². The highest BCUT2D eigenvalue weighted by atomic mass is 16.6. The van der Waals surface area contributed by atoms with E-state index in [1.54, 1.807) is 0 Å². The molecule has 62 heavy (non-hydrogen) atoms. The van der Waals surface area contributed by atoms with Crippen molar-refractivity contribution < 1.29 is 24.2 Å². The van der Waals surface area contributed by atoms with Gasteiger partial charge in [0.1, 0.15) is 6.61 Å². The molecule has 5 heteroatoms. The highest BCUT2D eigenvalue weighted by molar-refractivity contribution is 5.70. The van der Waals surface area contributed by atoms with E-state index >= 15 is 0 Å². The van der Waals surface area contributed by atoms with Crippen molar-refractivity contribution in [3.8, 4) is 0 Å². The van der Waals surface area contributed by atoms with Crippen molar-refractivity contribution in [1.82, 2.24) is 0 Å². The molecule has 0 bridgehead atoms. The van der Waals surface area contributed by atoms with Gasteiger partial charge >= 0.3 is 11.9 Å². The van der Waals surface area contributed by atoms with Crippen LogP contribution in [0, 0.1) is 0 Å². The molecule has 0 aliphatic carbocycles. The van der Waals surface area contributed by atoms with Crippen LogP contribution >= 0.6 is 0 Å². The molecule has 1 N–H and O–H groups in total. The van der Waals surface area contributed by atoms with Gasteiger partial charge in [0.15, 0.2) is 6.10 Å². The van der Waals surface area contributed by atoms with E-state index in [0.717, 1.165) is 64.2 Å². The van der Waals surface area contributed by atoms with E-state index in [4.69, 9.17) is 9.47 Å². The number of esters is 2. The number of hydrogen-bond acceptors (Lipinski definition) is 5. The molecule has 0 aromatic heterocycles. The summed E-state index contributed by atoms with van der Waals surface area (Å²) in [7, 11) is 0. The van der Waals surface area contributed by atoms with Crippen molar-refractivity contribution in [2.75, 3.05) is 13.2 Å². The minimum absolute atomic E-state index is 0.0607. The summed E-state index contributed by atoms with van der Waals surface area (Å²) in [6.45, 7) is 4.00. The summed E-state index contributed by atoms with van der Waals surface area (Å²) in [4.78, 5) is 24.2. The van der Waals surface area contributed by atoms with Gasteiger partial charge in [-0.05, 0) is 51.4 Å². The number of allylic oxidation sites excluding steroid dienone is 8. The summed E-state index contributed by atoms with van der Waals surface area (Å²) >= 11 is 0.